The molecule has 298 valence electrons. The van der Waals surface area contributed by atoms with Crippen molar-refractivity contribution >= 4 is 111 Å². The summed E-state index contributed by atoms with van der Waals surface area (Å²) < 4.78 is 36.6. The molecule has 0 N–H and O–H groups in total. The molecule has 3 nitrogen and oxygen atoms in total. The fraction of sp³-hybridized carbons (Fsp3) is 0. The Hall–Kier alpha value is -7.28. The number of benzene rings is 11. The maximum Gasteiger partial charge on any atom is 0.171 e. The predicted molar refractivity (Wildman–Crippen MR) is 270 cm³/mol. The van der Waals surface area contributed by atoms with Crippen LogP contribution in [0.5, 0.6) is 0 Å². The highest BCUT2D eigenvalue weighted by Crippen LogP contribution is 2.48. The van der Waals surface area contributed by atoms with Crippen LogP contribution in [0.25, 0.3) is 70.6 Å². The molecule has 0 bridgehead atoms. The van der Waals surface area contributed by atoms with Gasteiger partial charge < -0.3 is 13.7 Å². The number of aromatic nitrogens is 1. The summed E-state index contributed by atoms with van der Waals surface area (Å²) in [5.41, 5.74) is 2.82. The van der Waals surface area contributed by atoms with E-state index in [1.807, 2.05) is 78.9 Å². The lowest BCUT2D eigenvalue weighted by Crippen LogP contribution is -2.31. The first-order chi connectivity index (χ1) is 30.9. The highest BCUT2D eigenvalue weighted by Gasteiger charge is 2.36. The molecule has 0 saturated heterocycles. The number of nitrogens with zero attached hydrogens (tertiary/aromatic N) is 1. The predicted octanol–water partition coefficient (Wildman–Crippen LogP) is 12.7. The molecule has 0 atom stereocenters. The van der Waals surface area contributed by atoms with E-state index in [1.165, 1.54) is 0 Å². The van der Waals surface area contributed by atoms with Crippen LogP contribution in [0, 0.1) is 0 Å². The van der Waals surface area contributed by atoms with E-state index >= 15 is 9.13 Å². The third kappa shape index (κ3) is 6.04. The van der Waals surface area contributed by atoms with E-state index in [-0.39, 0.29) is 0 Å². The Bertz CT molecular complexity index is 3490. The molecule has 12 aromatic rings. The van der Waals surface area contributed by atoms with Crippen LogP contribution < -0.4 is 31.8 Å². The van der Waals surface area contributed by atoms with E-state index in [1.54, 1.807) is 0 Å². The zero-order valence-electron chi connectivity index (χ0n) is 34.2. The lowest BCUT2D eigenvalue weighted by atomic mass is 10.1. The van der Waals surface area contributed by atoms with E-state index in [0.717, 1.165) is 70.6 Å². The van der Waals surface area contributed by atoms with Gasteiger partial charge in [0.25, 0.3) is 0 Å². The Labute approximate surface area is 365 Å². The van der Waals surface area contributed by atoms with Crippen LogP contribution in [0.1, 0.15) is 0 Å². The monoisotopic (exact) mass is 843 g/mol. The van der Waals surface area contributed by atoms with Gasteiger partial charge in [-0.3, -0.25) is 0 Å². The zero-order valence-corrected chi connectivity index (χ0v) is 36.0. The Kier molecular flexibility index (Phi) is 8.73. The average Bonchev–Trinajstić information content (AvgIpc) is 3.69. The summed E-state index contributed by atoms with van der Waals surface area (Å²) in [6.45, 7) is 0. The number of hydrogen-bond acceptors (Lipinski definition) is 2. The van der Waals surface area contributed by atoms with Gasteiger partial charge in [0, 0.05) is 48.3 Å². The van der Waals surface area contributed by atoms with Gasteiger partial charge in [0.05, 0.1) is 11.0 Å². The summed E-state index contributed by atoms with van der Waals surface area (Å²) >= 11 is 0. The molecule has 0 saturated carbocycles. The molecule has 0 unspecified atom stereocenters. The minimum Gasteiger partial charge on any atom is -0.309 e. The van der Waals surface area contributed by atoms with Crippen LogP contribution in [0.3, 0.4) is 0 Å². The first-order valence-electron chi connectivity index (χ1n) is 21.3. The van der Waals surface area contributed by atoms with Crippen LogP contribution >= 0.6 is 14.3 Å². The molecule has 0 aliphatic carbocycles. The molecule has 5 heteroatoms. The van der Waals surface area contributed by atoms with E-state index in [2.05, 4.69) is 162 Å². The highest BCUT2D eigenvalue weighted by atomic mass is 31.2. The molecular weight excluding hydrogens is 805 g/mol. The smallest absolute Gasteiger partial charge is 0.171 e. The Morgan fingerprint density at radius 1 is 0.254 bits per heavy atom. The van der Waals surface area contributed by atoms with Crippen LogP contribution in [0.2, 0.25) is 0 Å². The normalized spacial score (nSPS) is 12.3. The van der Waals surface area contributed by atoms with Crippen molar-refractivity contribution in [3.8, 4) is 5.69 Å². The summed E-state index contributed by atoms with van der Waals surface area (Å²) in [5, 5.41) is 14.6. The van der Waals surface area contributed by atoms with Gasteiger partial charge in [0.15, 0.2) is 14.3 Å². The highest BCUT2D eigenvalue weighted by molar-refractivity contribution is 7.86. The summed E-state index contributed by atoms with van der Waals surface area (Å²) in [6, 6.07) is 80.7. The second kappa shape index (κ2) is 14.7. The minimum absolute atomic E-state index is 0.615. The van der Waals surface area contributed by atoms with Gasteiger partial charge in [-0.25, -0.2) is 0 Å². The van der Waals surface area contributed by atoms with Crippen molar-refractivity contribution in [1.82, 2.24) is 4.57 Å². The Morgan fingerprint density at radius 2 is 0.540 bits per heavy atom. The number of rotatable bonds is 7. The maximum absolute atomic E-state index is 17.2. The minimum atomic E-state index is -3.73. The standard InChI is InChI=1S/C58H39NO2P2/c60-62(49-29-25-40-13-1-5-17-44(40)33-49,50-30-26-41-14-2-6-18-45(41)34-50)53-37-48(59-57-23-11-9-21-55(57)56-22-10-12-24-58(56)59)38-54(39-53)63(61,51-31-27-42-15-3-7-19-46(42)35-51)52-32-28-43-16-4-8-20-47(43)36-52/h1-39H. The van der Waals surface area contributed by atoms with E-state index in [4.69, 9.17) is 0 Å². The summed E-state index contributed by atoms with van der Waals surface area (Å²) in [5.74, 6) is 0. The van der Waals surface area contributed by atoms with Crippen molar-refractivity contribution in [2.45, 2.75) is 0 Å². The third-order valence-electron chi connectivity index (χ3n) is 12.8. The van der Waals surface area contributed by atoms with Crippen molar-refractivity contribution in [3.05, 3.63) is 237 Å². The van der Waals surface area contributed by atoms with Crippen molar-refractivity contribution in [2.24, 2.45) is 0 Å². The fourth-order valence-corrected chi connectivity index (χ4v) is 15.2. The fourth-order valence-electron chi connectivity index (χ4n) is 9.66. The average molecular weight is 844 g/mol. The molecule has 0 radical (unpaired) electrons. The van der Waals surface area contributed by atoms with Gasteiger partial charge in [-0.1, -0.05) is 182 Å². The molecule has 0 aliphatic heterocycles. The summed E-state index contributed by atoms with van der Waals surface area (Å²) in [4.78, 5) is 0. The largest absolute Gasteiger partial charge is 0.309 e. The third-order valence-corrected chi connectivity index (χ3v) is 18.8. The van der Waals surface area contributed by atoms with Gasteiger partial charge in [-0.2, -0.15) is 0 Å². The summed E-state index contributed by atoms with van der Waals surface area (Å²) in [6.07, 6.45) is 0. The molecule has 1 aromatic heterocycles. The van der Waals surface area contributed by atoms with E-state index in [9.17, 15) is 0 Å². The van der Waals surface area contributed by atoms with Crippen LogP contribution in [-0.4, -0.2) is 4.57 Å². The van der Waals surface area contributed by atoms with Crippen molar-refractivity contribution in [3.63, 3.8) is 0 Å². The summed E-state index contributed by atoms with van der Waals surface area (Å²) in [7, 11) is -7.45. The molecule has 1 heterocycles. The van der Waals surface area contributed by atoms with Crippen molar-refractivity contribution in [2.75, 3.05) is 0 Å². The molecule has 12 rings (SSSR count). The zero-order chi connectivity index (χ0) is 42.1. The first-order valence-corrected chi connectivity index (χ1v) is 24.7. The topological polar surface area (TPSA) is 39.1 Å². The van der Waals surface area contributed by atoms with Crippen molar-refractivity contribution in [1.29, 1.82) is 0 Å². The van der Waals surface area contributed by atoms with Crippen LogP contribution in [0.15, 0.2) is 237 Å². The SMILES string of the molecule is O=P(c1cc(-n2c3ccccc3c3ccccc32)cc(P(=O)(c2ccc3ccccc3c2)c2ccc3ccccc3c2)c1)(c1ccc2ccccc2c1)c1ccc2ccccc2c1. The van der Waals surface area contributed by atoms with Gasteiger partial charge in [-0.15, -0.1) is 0 Å². The molecule has 11 aromatic carbocycles. The molecule has 0 amide bonds. The van der Waals surface area contributed by atoms with Gasteiger partial charge in [0.1, 0.15) is 0 Å². The second-order valence-corrected chi connectivity index (χ2v) is 22.0. The lowest BCUT2D eigenvalue weighted by molar-refractivity contribution is 0.592. The maximum atomic E-state index is 17.2. The number of para-hydroxylation sites is 2. The molecule has 0 aliphatic rings. The van der Waals surface area contributed by atoms with Gasteiger partial charge in [-0.05, 0) is 97.7 Å². The van der Waals surface area contributed by atoms with Crippen LogP contribution in [0.4, 0.5) is 0 Å². The van der Waals surface area contributed by atoms with Gasteiger partial charge in [0.2, 0.25) is 0 Å². The second-order valence-electron chi connectivity index (χ2n) is 16.4. The molecule has 0 fully saturated rings. The van der Waals surface area contributed by atoms with Gasteiger partial charge >= 0.3 is 0 Å². The Morgan fingerprint density at radius 3 is 0.873 bits per heavy atom. The van der Waals surface area contributed by atoms with E-state index in [0.29, 0.717) is 31.8 Å². The number of fused-ring (bicyclic) bond motifs is 7. The molecule has 0 spiro atoms. The molecular formula is C58H39NO2P2. The quantitative estimate of drug-likeness (QED) is 0.150. The van der Waals surface area contributed by atoms with Crippen LogP contribution in [-0.2, 0) is 9.13 Å². The lowest BCUT2D eigenvalue weighted by Gasteiger charge is -2.26. The van der Waals surface area contributed by atoms with E-state index < -0.39 is 14.3 Å². The molecule has 63 heavy (non-hydrogen) atoms. The van der Waals surface area contributed by atoms with Crippen molar-refractivity contribution < 1.29 is 9.13 Å². The Balaban J connectivity index is 1.23. The first kappa shape index (κ1) is 37.5. The number of hydrogen-bond donors (Lipinski definition) is 0.